The zero-order chi connectivity index (χ0) is 16.9. The van der Waals surface area contributed by atoms with Gasteiger partial charge in [-0.15, -0.1) is 0 Å². The van der Waals surface area contributed by atoms with E-state index in [9.17, 15) is 14.4 Å². The molecule has 1 aliphatic rings. The highest BCUT2D eigenvalue weighted by Crippen LogP contribution is 2.22. The lowest BCUT2D eigenvalue weighted by atomic mass is 10.1. The lowest BCUT2D eigenvalue weighted by Crippen LogP contribution is -2.32. The van der Waals surface area contributed by atoms with Gasteiger partial charge >= 0.3 is 0 Å². The molecule has 0 saturated heterocycles. The first kappa shape index (κ1) is 15.9. The number of benzene rings is 1. The van der Waals surface area contributed by atoms with Crippen molar-refractivity contribution in [1.82, 2.24) is 10.2 Å². The van der Waals surface area contributed by atoms with Gasteiger partial charge in [-0.2, -0.15) is 0 Å². The highest BCUT2D eigenvalue weighted by Gasteiger charge is 2.34. The van der Waals surface area contributed by atoms with Gasteiger partial charge in [-0.05, 0) is 24.1 Å². The second-order valence-electron chi connectivity index (χ2n) is 5.60. The monoisotopic (exact) mass is 324 g/mol. The van der Waals surface area contributed by atoms with Crippen LogP contribution in [0, 0.1) is 0 Å². The lowest BCUT2D eigenvalue weighted by molar-refractivity contribution is -0.378. The molecule has 0 spiro atoms. The summed E-state index contributed by atoms with van der Waals surface area (Å²) in [4.78, 5) is 40.4. The number of nitrogens with one attached hydrogen (secondary N) is 2. The smallest absolute Gasteiger partial charge is 0.261 e. The van der Waals surface area contributed by atoms with Crippen LogP contribution in [0.5, 0.6) is 0 Å². The second-order valence-corrected chi connectivity index (χ2v) is 5.60. The Labute approximate surface area is 139 Å². The van der Waals surface area contributed by atoms with Gasteiger partial charge in [0, 0.05) is 31.6 Å². The first-order valence-corrected chi connectivity index (χ1v) is 7.84. The third-order valence-corrected chi connectivity index (χ3v) is 3.94. The highest BCUT2D eigenvalue weighted by molar-refractivity contribution is 6.21. The predicted octanol–water partition coefficient (Wildman–Crippen LogP) is 1.19. The van der Waals surface area contributed by atoms with Crippen LogP contribution in [-0.2, 0) is 11.3 Å². The minimum Gasteiger partial charge on any atom is -0.352 e. The number of H-pyrrole nitrogens is 1. The summed E-state index contributed by atoms with van der Waals surface area (Å²) in [6.07, 6.45) is 4.31. The van der Waals surface area contributed by atoms with Gasteiger partial charge in [0.1, 0.15) is 0 Å². The molecule has 0 atom stereocenters. The number of amides is 3. The summed E-state index contributed by atoms with van der Waals surface area (Å²) in [7, 11) is 0. The number of fused-ring (bicyclic) bond motifs is 1. The van der Waals surface area contributed by atoms with E-state index in [4.69, 9.17) is 0 Å². The number of hydrogen-bond acceptors (Lipinski definition) is 3. The minimum atomic E-state index is -0.281. The quantitative estimate of drug-likeness (QED) is 0.811. The number of carbonyl (C=O) groups excluding carboxylic acids is 3. The van der Waals surface area contributed by atoms with Crippen molar-refractivity contribution in [2.24, 2.45) is 0 Å². The van der Waals surface area contributed by atoms with Crippen LogP contribution in [0.15, 0.2) is 48.8 Å². The number of carbonyl (C=O) groups is 3. The average molecular weight is 324 g/mol. The van der Waals surface area contributed by atoms with Gasteiger partial charge in [-0.3, -0.25) is 19.3 Å². The fraction of sp³-hybridized carbons (Fsp3) is 0.222. The fourth-order valence-electron chi connectivity index (χ4n) is 2.67. The van der Waals surface area contributed by atoms with Crippen LogP contribution in [-0.4, -0.2) is 29.2 Å². The van der Waals surface area contributed by atoms with Crippen LogP contribution < -0.4 is 10.3 Å². The zero-order valence-electron chi connectivity index (χ0n) is 13.1. The standard InChI is InChI=1S/C18H17N3O3/c22-16(20-12-13-7-9-19-10-8-13)6-3-11-21-17(23)14-4-1-2-5-15(14)18(21)24/h1-2,4-5,7-10H,3,6,11-12H2,(H,20,22)/p+1. The Balaban J connectivity index is 1.46. The summed E-state index contributed by atoms with van der Waals surface area (Å²) in [6.45, 7) is 0.709. The molecule has 0 fully saturated rings. The van der Waals surface area contributed by atoms with Crippen molar-refractivity contribution in [3.05, 3.63) is 65.5 Å². The average Bonchev–Trinajstić information content (AvgIpc) is 2.86. The van der Waals surface area contributed by atoms with Crippen molar-refractivity contribution in [1.29, 1.82) is 0 Å². The maximum absolute atomic E-state index is 12.2. The van der Waals surface area contributed by atoms with Crippen LogP contribution in [0.3, 0.4) is 0 Å². The molecule has 0 bridgehead atoms. The molecule has 0 unspecified atom stereocenters. The molecule has 2 heterocycles. The summed E-state index contributed by atoms with van der Waals surface area (Å²) < 4.78 is 0. The molecule has 3 amide bonds. The van der Waals surface area contributed by atoms with Crippen molar-refractivity contribution >= 4 is 17.7 Å². The fourth-order valence-corrected chi connectivity index (χ4v) is 2.67. The number of pyridine rings is 1. The Morgan fingerprint density at radius 2 is 1.62 bits per heavy atom. The molecule has 24 heavy (non-hydrogen) atoms. The Hall–Kier alpha value is -3.02. The number of imide groups is 1. The van der Waals surface area contributed by atoms with Gasteiger partial charge in [0.05, 0.1) is 11.1 Å². The summed E-state index contributed by atoms with van der Waals surface area (Å²) in [5.41, 5.74) is 1.88. The molecule has 2 N–H and O–H groups in total. The van der Waals surface area contributed by atoms with Crippen LogP contribution in [0.25, 0.3) is 0 Å². The third kappa shape index (κ3) is 3.32. The van der Waals surface area contributed by atoms with E-state index in [-0.39, 0.29) is 30.7 Å². The van der Waals surface area contributed by atoms with E-state index in [1.807, 2.05) is 12.1 Å². The van der Waals surface area contributed by atoms with Crippen molar-refractivity contribution in [3.8, 4) is 0 Å². The normalized spacial score (nSPS) is 13.1. The van der Waals surface area contributed by atoms with Crippen molar-refractivity contribution < 1.29 is 19.4 Å². The van der Waals surface area contributed by atoms with Gasteiger partial charge in [0.2, 0.25) is 5.91 Å². The molecule has 6 heteroatoms. The molecule has 0 radical (unpaired) electrons. The highest BCUT2D eigenvalue weighted by atomic mass is 16.2. The largest absolute Gasteiger partial charge is 0.352 e. The molecule has 1 aromatic heterocycles. The van der Waals surface area contributed by atoms with Gasteiger partial charge in [0.25, 0.3) is 11.8 Å². The third-order valence-electron chi connectivity index (χ3n) is 3.94. The number of aromatic nitrogens is 1. The Morgan fingerprint density at radius 1 is 1.00 bits per heavy atom. The maximum atomic E-state index is 12.2. The predicted molar refractivity (Wildman–Crippen MR) is 85.9 cm³/mol. The van der Waals surface area contributed by atoms with Crippen molar-refractivity contribution in [3.63, 3.8) is 0 Å². The topological polar surface area (TPSA) is 80.6 Å². The van der Waals surface area contributed by atoms with E-state index in [0.29, 0.717) is 24.1 Å². The molecular weight excluding hydrogens is 306 g/mol. The van der Waals surface area contributed by atoms with Crippen LogP contribution in [0.4, 0.5) is 0 Å². The molecule has 0 aliphatic carbocycles. The Bertz CT molecular complexity index is 739. The molecule has 1 aliphatic heterocycles. The summed E-state index contributed by atoms with van der Waals surface area (Å²) in [5.74, 6) is -0.660. The number of rotatable bonds is 6. The SMILES string of the molecule is O=C(CCCN1C(=O)c2ccccc2C1=O)NCc1cc[nH+]cc1. The molecular formula is C18H18N3O3+. The molecule has 6 nitrogen and oxygen atoms in total. The zero-order valence-corrected chi connectivity index (χ0v) is 13.1. The summed E-state index contributed by atoms with van der Waals surface area (Å²) >= 11 is 0. The summed E-state index contributed by atoms with van der Waals surface area (Å²) in [5, 5.41) is 2.82. The van der Waals surface area contributed by atoms with E-state index >= 15 is 0 Å². The first-order chi connectivity index (χ1) is 11.7. The number of aromatic amines is 1. The van der Waals surface area contributed by atoms with Gasteiger partial charge in [-0.25, -0.2) is 4.98 Å². The van der Waals surface area contributed by atoms with E-state index < -0.39 is 0 Å². The lowest BCUT2D eigenvalue weighted by Gasteiger charge is -2.13. The Morgan fingerprint density at radius 3 is 2.25 bits per heavy atom. The molecule has 122 valence electrons. The van der Waals surface area contributed by atoms with Crippen LogP contribution in [0.1, 0.15) is 39.1 Å². The molecule has 0 saturated carbocycles. The van der Waals surface area contributed by atoms with E-state index in [0.717, 1.165) is 5.56 Å². The van der Waals surface area contributed by atoms with Crippen molar-refractivity contribution in [2.75, 3.05) is 6.54 Å². The second kappa shape index (κ2) is 7.04. The molecule has 3 rings (SSSR count). The maximum Gasteiger partial charge on any atom is 0.261 e. The van der Waals surface area contributed by atoms with E-state index in [2.05, 4.69) is 10.3 Å². The van der Waals surface area contributed by atoms with Gasteiger partial charge in [-0.1, -0.05) is 12.1 Å². The summed E-state index contributed by atoms with van der Waals surface area (Å²) in [6, 6.07) is 10.6. The first-order valence-electron chi connectivity index (χ1n) is 7.84. The van der Waals surface area contributed by atoms with Crippen molar-refractivity contribution in [2.45, 2.75) is 19.4 Å². The number of nitrogens with zero attached hydrogens (tertiary/aromatic N) is 1. The van der Waals surface area contributed by atoms with Gasteiger partial charge < -0.3 is 5.32 Å². The van der Waals surface area contributed by atoms with E-state index in [1.165, 1.54) is 4.90 Å². The molecule has 1 aromatic carbocycles. The minimum absolute atomic E-state index is 0.0977. The molecule has 2 aromatic rings. The van der Waals surface area contributed by atoms with Gasteiger partial charge in [0.15, 0.2) is 12.4 Å². The van der Waals surface area contributed by atoms with E-state index in [1.54, 1.807) is 36.7 Å². The Kier molecular flexibility index (Phi) is 4.65. The van der Waals surface area contributed by atoms with Crippen LogP contribution in [0.2, 0.25) is 0 Å². The van der Waals surface area contributed by atoms with Crippen LogP contribution >= 0.6 is 0 Å². The number of hydrogen-bond donors (Lipinski definition) is 1.